The highest BCUT2D eigenvalue weighted by molar-refractivity contribution is 5.87. The molecule has 1 fully saturated rings. The van der Waals surface area contributed by atoms with Crippen LogP contribution in [0.25, 0.3) is 0 Å². The van der Waals surface area contributed by atoms with E-state index in [4.69, 9.17) is 5.11 Å². The molecule has 1 saturated carbocycles. The molecule has 2 heteroatoms. The highest BCUT2D eigenvalue weighted by Crippen LogP contribution is 2.34. The lowest BCUT2D eigenvalue weighted by Crippen LogP contribution is -2.08. The smallest absolute Gasteiger partial charge is 0.335 e. The van der Waals surface area contributed by atoms with E-state index < -0.39 is 5.97 Å². The van der Waals surface area contributed by atoms with Crippen molar-refractivity contribution < 1.29 is 9.90 Å². The summed E-state index contributed by atoms with van der Waals surface area (Å²) < 4.78 is 0. The zero-order valence-electron chi connectivity index (χ0n) is 10.4. The number of carbonyl (C=O) groups is 1. The van der Waals surface area contributed by atoms with Gasteiger partial charge in [-0.2, -0.15) is 0 Å². The number of aryl methyl sites for hydroxylation is 1. The summed E-state index contributed by atoms with van der Waals surface area (Å²) in [6, 6.07) is 5.65. The third-order valence-corrected chi connectivity index (χ3v) is 3.82. The van der Waals surface area contributed by atoms with Crippen molar-refractivity contribution in [1.29, 1.82) is 0 Å². The lowest BCUT2D eigenvalue weighted by molar-refractivity contribution is 0.0696. The van der Waals surface area contributed by atoms with Gasteiger partial charge in [0.1, 0.15) is 0 Å². The molecule has 0 aliphatic heterocycles. The van der Waals surface area contributed by atoms with E-state index >= 15 is 0 Å². The van der Waals surface area contributed by atoms with Gasteiger partial charge >= 0.3 is 5.97 Å². The summed E-state index contributed by atoms with van der Waals surface area (Å²) in [5.41, 5.74) is 3.02. The fourth-order valence-electron chi connectivity index (χ4n) is 2.86. The van der Waals surface area contributed by atoms with Crippen LogP contribution in [0.3, 0.4) is 0 Å². The molecule has 1 aliphatic rings. The van der Waals surface area contributed by atoms with Crippen LogP contribution in [0.15, 0.2) is 18.2 Å². The van der Waals surface area contributed by atoms with Crippen LogP contribution in [-0.2, 0) is 6.42 Å². The van der Waals surface area contributed by atoms with Crippen LogP contribution in [0.1, 0.15) is 66.4 Å². The Kier molecular flexibility index (Phi) is 3.82. The molecule has 92 valence electrons. The number of hydrogen-bond donors (Lipinski definition) is 1. The van der Waals surface area contributed by atoms with E-state index in [1.807, 2.05) is 12.1 Å². The lowest BCUT2D eigenvalue weighted by atomic mass is 9.81. The summed E-state index contributed by atoms with van der Waals surface area (Å²) in [4.78, 5) is 11.0. The molecular formula is C15H20O2. The highest BCUT2D eigenvalue weighted by Gasteiger charge is 2.18. The zero-order chi connectivity index (χ0) is 12.3. The van der Waals surface area contributed by atoms with Crippen molar-refractivity contribution in [3.8, 4) is 0 Å². The van der Waals surface area contributed by atoms with Crippen molar-refractivity contribution in [3.05, 3.63) is 34.9 Å². The Hall–Kier alpha value is -1.31. The Morgan fingerprint density at radius 3 is 2.59 bits per heavy atom. The number of carboxylic acid groups (broad SMARTS) is 1. The Morgan fingerprint density at radius 1 is 1.29 bits per heavy atom. The summed E-state index contributed by atoms with van der Waals surface area (Å²) in [5.74, 6) is -0.170. The van der Waals surface area contributed by atoms with Gasteiger partial charge in [-0.1, -0.05) is 32.3 Å². The minimum absolute atomic E-state index is 0.418. The third-order valence-electron chi connectivity index (χ3n) is 3.82. The number of aromatic carboxylic acids is 1. The van der Waals surface area contributed by atoms with Gasteiger partial charge in [0.05, 0.1) is 5.56 Å². The molecule has 2 nitrogen and oxygen atoms in total. The van der Waals surface area contributed by atoms with E-state index in [1.54, 1.807) is 6.07 Å². The van der Waals surface area contributed by atoms with Gasteiger partial charge < -0.3 is 5.11 Å². The van der Waals surface area contributed by atoms with Crippen molar-refractivity contribution in [2.24, 2.45) is 0 Å². The molecular weight excluding hydrogens is 212 g/mol. The summed E-state index contributed by atoms with van der Waals surface area (Å²) in [7, 11) is 0. The van der Waals surface area contributed by atoms with Crippen LogP contribution >= 0.6 is 0 Å². The molecule has 0 bridgehead atoms. The third kappa shape index (κ3) is 2.68. The highest BCUT2D eigenvalue weighted by atomic mass is 16.4. The van der Waals surface area contributed by atoms with Gasteiger partial charge in [-0.15, -0.1) is 0 Å². The molecule has 1 aromatic rings. The van der Waals surface area contributed by atoms with Gasteiger partial charge in [0, 0.05) is 0 Å². The molecule has 0 amide bonds. The van der Waals surface area contributed by atoms with Crippen molar-refractivity contribution in [2.75, 3.05) is 0 Å². The largest absolute Gasteiger partial charge is 0.478 e. The molecule has 1 N–H and O–H groups in total. The van der Waals surface area contributed by atoms with E-state index in [-0.39, 0.29) is 0 Å². The second-order valence-corrected chi connectivity index (χ2v) is 4.91. The Morgan fingerprint density at radius 2 is 2.00 bits per heavy atom. The second-order valence-electron chi connectivity index (χ2n) is 4.91. The van der Waals surface area contributed by atoms with E-state index in [2.05, 4.69) is 6.92 Å². The van der Waals surface area contributed by atoms with E-state index in [1.165, 1.54) is 43.2 Å². The first-order chi connectivity index (χ1) is 8.22. The molecule has 0 saturated heterocycles. The van der Waals surface area contributed by atoms with Crippen LogP contribution in [-0.4, -0.2) is 11.1 Å². The van der Waals surface area contributed by atoms with Crippen LogP contribution in [0.4, 0.5) is 0 Å². The maximum atomic E-state index is 11.0. The predicted molar refractivity (Wildman–Crippen MR) is 68.6 cm³/mol. The van der Waals surface area contributed by atoms with Crippen molar-refractivity contribution in [1.82, 2.24) is 0 Å². The Balaban J connectivity index is 2.29. The summed E-state index contributed by atoms with van der Waals surface area (Å²) in [6.07, 6.45) is 7.43. The Labute approximate surface area is 103 Å². The predicted octanol–water partition coefficient (Wildman–Crippen LogP) is 3.99. The zero-order valence-corrected chi connectivity index (χ0v) is 10.4. The average molecular weight is 232 g/mol. The topological polar surface area (TPSA) is 37.3 Å². The number of carboxylic acids is 1. The number of benzene rings is 1. The Bertz CT molecular complexity index is 403. The SMILES string of the molecule is CCc1cc(C(=O)O)ccc1C1CCCCC1. The maximum absolute atomic E-state index is 11.0. The lowest BCUT2D eigenvalue weighted by Gasteiger charge is -2.24. The number of hydrogen-bond acceptors (Lipinski definition) is 1. The minimum atomic E-state index is -0.824. The molecule has 0 spiro atoms. The average Bonchev–Trinajstić information content (AvgIpc) is 2.39. The summed E-state index contributed by atoms with van der Waals surface area (Å²) in [6.45, 7) is 2.10. The molecule has 0 atom stereocenters. The maximum Gasteiger partial charge on any atom is 0.335 e. The molecule has 0 heterocycles. The van der Waals surface area contributed by atoms with Gasteiger partial charge in [-0.3, -0.25) is 0 Å². The molecule has 1 aromatic carbocycles. The normalized spacial score (nSPS) is 17.0. The van der Waals surface area contributed by atoms with E-state index in [0.29, 0.717) is 11.5 Å². The molecule has 17 heavy (non-hydrogen) atoms. The molecule has 2 rings (SSSR count). The van der Waals surface area contributed by atoms with Crippen LogP contribution in [0.2, 0.25) is 0 Å². The van der Waals surface area contributed by atoms with Crippen LogP contribution in [0.5, 0.6) is 0 Å². The fourth-order valence-corrected chi connectivity index (χ4v) is 2.86. The van der Waals surface area contributed by atoms with Gasteiger partial charge in [0.2, 0.25) is 0 Å². The van der Waals surface area contributed by atoms with Gasteiger partial charge in [0.25, 0.3) is 0 Å². The second kappa shape index (κ2) is 5.35. The van der Waals surface area contributed by atoms with Crippen molar-refractivity contribution in [2.45, 2.75) is 51.4 Å². The summed E-state index contributed by atoms with van der Waals surface area (Å²) >= 11 is 0. The minimum Gasteiger partial charge on any atom is -0.478 e. The summed E-state index contributed by atoms with van der Waals surface area (Å²) in [5, 5.41) is 9.01. The number of rotatable bonds is 3. The first-order valence-electron chi connectivity index (χ1n) is 6.58. The van der Waals surface area contributed by atoms with Gasteiger partial charge in [-0.05, 0) is 48.4 Å². The molecule has 0 aromatic heterocycles. The first kappa shape index (κ1) is 12.2. The quantitative estimate of drug-likeness (QED) is 0.855. The standard InChI is InChI=1S/C15H20O2/c1-2-11-10-13(15(16)17)8-9-14(11)12-6-4-3-5-7-12/h8-10,12H,2-7H2,1H3,(H,16,17). The van der Waals surface area contributed by atoms with Crippen molar-refractivity contribution in [3.63, 3.8) is 0 Å². The van der Waals surface area contributed by atoms with Gasteiger partial charge in [-0.25, -0.2) is 4.79 Å². The van der Waals surface area contributed by atoms with Crippen molar-refractivity contribution >= 4 is 5.97 Å². The monoisotopic (exact) mass is 232 g/mol. The van der Waals surface area contributed by atoms with Crippen LogP contribution < -0.4 is 0 Å². The van der Waals surface area contributed by atoms with E-state index in [9.17, 15) is 4.79 Å². The van der Waals surface area contributed by atoms with Gasteiger partial charge in [0.15, 0.2) is 0 Å². The van der Waals surface area contributed by atoms with Crippen LogP contribution in [0, 0.1) is 0 Å². The van der Waals surface area contributed by atoms with E-state index in [0.717, 1.165) is 6.42 Å². The first-order valence-corrected chi connectivity index (χ1v) is 6.58. The molecule has 1 aliphatic carbocycles. The molecule has 0 unspecified atom stereocenters. The fraction of sp³-hybridized carbons (Fsp3) is 0.533. The molecule has 0 radical (unpaired) electrons.